The lowest BCUT2D eigenvalue weighted by atomic mass is 9.84. The number of aromatic nitrogens is 1. The molecule has 4 heterocycles. The molecule has 3 fully saturated rings. The minimum absolute atomic E-state index is 0.145. The summed E-state index contributed by atoms with van der Waals surface area (Å²) in [6.07, 6.45) is 2.31. The van der Waals surface area contributed by atoms with Crippen LogP contribution < -0.4 is 15.6 Å². The van der Waals surface area contributed by atoms with Gasteiger partial charge in [0.25, 0.3) is 5.91 Å². The van der Waals surface area contributed by atoms with E-state index in [0.29, 0.717) is 68.0 Å². The summed E-state index contributed by atoms with van der Waals surface area (Å²) in [4.78, 5) is 60.5. The molecule has 0 spiro atoms. The van der Waals surface area contributed by atoms with Gasteiger partial charge < -0.3 is 34.5 Å². The van der Waals surface area contributed by atoms with Crippen LogP contribution in [0.3, 0.4) is 0 Å². The average Bonchev–Trinajstić information content (AvgIpc) is 3.27. The maximum Gasteiger partial charge on any atom is 0.410 e. The number of carbonyl (C=O) groups is 3. The zero-order valence-corrected chi connectivity index (χ0v) is 36.1. The van der Waals surface area contributed by atoms with E-state index in [1.54, 1.807) is 59.5 Å². The molecule has 3 N–H and O–H groups in total. The van der Waals surface area contributed by atoms with Gasteiger partial charge in [0.05, 0.1) is 5.52 Å². The first kappa shape index (κ1) is 44.1. The van der Waals surface area contributed by atoms with Crippen LogP contribution in [0.2, 0.25) is 0 Å². The molecule has 62 heavy (non-hydrogen) atoms. The van der Waals surface area contributed by atoms with Crippen LogP contribution in [-0.4, -0.2) is 88.8 Å². The molecule has 8 rings (SSSR count). The molecule has 1 unspecified atom stereocenters. The molecule has 12 heteroatoms. The topological polar surface area (TPSA) is 150 Å². The lowest BCUT2D eigenvalue weighted by Gasteiger charge is -2.44. The number of nitrogens with one attached hydrogen (secondary N) is 2. The first-order valence-electron chi connectivity index (χ1n) is 21.7. The van der Waals surface area contributed by atoms with Crippen LogP contribution in [-0.2, 0) is 26.5 Å². The van der Waals surface area contributed by atoms with E-state index in [0.717, 1.165) is 42.4 Å². The average molecular weight is 843 g/mol. The number of pyridine rings is 1. The Hall–Kier alpha value is -5.98. The Balaban J connectivity index is 0.994. The summed E-state index contributed by atoms with van der Waals surface area (Å²) in [7, 11) is 0. The van der Waals surface area contributed by atoms with Gasteiger partial charge in [-0.1, -0.05) is 85.8 Å². The Morgan fingerprint density at radius 3 is 2.29 bits per heavy atom. The monoisotopic (exact) mass is 842 g/mol. The number of unbranched alkanes of at least 4 members (excludes halogenated alkanes) is 1. The number of piperidine rings is 3. The first-order chi connectivity index (χ1) is 29.8. The fourth-order valence-corrected chi connectivity index (χ4v) is 8.51. The highest BCUT2D eigenvalue weighted by Crippen LogP contribution is 2.36. The van der Waals surface area contributed by atoms with E-state index in [1.165, 1.54) is 6.07 Å². The Morgan fingerprint density at radius 2 is 1.60 bits per heavy atom. The van der Waals surface area contributed by atoms with Crippen molar-refractivity contribution in [3.63, 3.8) is 0 Å². The quantitative estimate of drug-likeness (QED) is 0.0677. The number of amides is 2. The van der Waals surface area contributed by atoms with Gasteiger partial charge in [0.15, 0.2) is 0 Å². The molecule has 3 aliphatic rings. The van der Waals surface area contributed by atoms with E-state index in [9.17, 15) is 24.3 Å². The van der Waals surface area contributed by atoms with Crippen molar-refractivity contribution in [3.8, 4) is 5.75 Å². The second-order valence-corrected chi connectivity index (χ2v) is 17.6. The summed E-state index contributed by atoms with van der Waals surface area (Å²) in [5, 5.41) is 16.0. The number of aromatic amines is 1. The number of rotatable bonds is 16. The number of hydrogen-bond acceptors (Lipinski definition) is 9. The number of ether oxygens (including phenoxy) is 3. The Morgan fingerprint density at radius 1 is 0.887 bits per heavy atom. The highest BCUT2D eigenvalue weighted by molar-refractivity contribution is 5.95. The fourth-order valence-electron chi connectivity index (χ4n) is 8.51. The van der Waals surface area contributed by atoms with Crippen molar-refractivity contribution < 1.29 is 33.7 Å². The lowest BCUT2D eigenvalue weighted by molar-refractivity contribution is -0.177. The molecule has 3 atom stereocenters. The molecular weight excluding hydrogens is 785 g/mol. The van der Waals surface area contributed by atoms with Crippen LogP contribution in [0.25, 0.3) is 10.9 Å². The summed E-state index contributed by atoms with van der Waals surface area (Å²) in [5.41, 5.74) is 0.379. The van der Waals surface area contributed by atoms with Gasteiger partial charge in [0.1, 0.15) is 24.1 Å². The minimum atomic E-state index is -2.12. The molecule has 2 bridgehead atoms. The molecule has 0 saturated carbocycles. The van der Waals surface area contributed by atoms with Gasteiger partial charge in [-0.25, -0.2) is 9.59 Å². The molecule has 5 aromatic rings. The van der Waals surface area contributed by atoms with Crippen molar-refractivity contribution in [2.24, 2.45) is 5.92 Å². The van der Waals surface area contributed by atoms with Gasteiger partial charge in [-0.15, -0.1) is 0 Å². The van der Waals surface area contributed by atoms with E-state index in [1.807, 2.05) is 76.2 Å². The highest BCUT2D eigenvalue weighted by atomic mass is 16.6. The fraction of sp³-hybridized carbons (Fsp3) is 0.400. The predicted molar refractivity (Wildman–Crippen MR) is 238 cm³/mol. The van der Waals surface area contributed by atoms with Crippen LogP contribution in [0.15, 0.2) is 114 Å². The van der Waals surface area contributed by atoms with E-state index >= 15 is 0 Å². The summed E-state index contributed by atoms with van der Waals surface area (Å²) < 4.78 is 18.0. The van der Waals surface area contributed by atoms with Crippen molar-refractivity contribution in [1.29, 1.82) is 0 Å². The maximum absolute atomic E-state index is 14.0. The third kappa shape index (κ3) is 10.5. The maximum atomic E-state index is 14.0. The number of hydrogen-bond donors (Lipinski definition) is 3. The minimum Gasteiger partial charge on any atom is -0.487 e. The Bertz CT molecular complexity index is 2390. The van der Waals surface area contributed by atoms with E-state index < -0.39 is 23.3 Å². The number of esters is 1. The standard InChI is InChI=1S/C50H58N4O8/c1-34(40-20-22-42(45-41(40)21-23-44(55)52-45)60-33-35-14-7-5-8-15-35)31-54(48(58)62-49(2,3)4)27-12-11-26-51-46(56)37-16-13-19-39(30-37)50(59,38-17-9-6-10-18-38)47(57)61-43-32-53-28-24-36(43)25-29-53/h5-10,13-23,30,34,36,43,59H,11-12,24-29,31-33H2,1-4H3,(H,51,56)(H,52,55)/t34-,43-,50?/m0/s1. The van der Waals surface area contributed by atoms with E-state index in [2.05, 4.69) is 15.2 Å². The van der Waals surface area contributed by atoms with Crippen LogP contribution in [0, 0.1) is 5.92 Å². The third-order valence-electron chi connectivity index (χ3n) is 11.8. The second kappa shape index (κ2) is 19.4. The number of H-pyrrole nitrogens is 1. The van der Waals surface area contributed by atoms with Crippen LogP contribution in [0.4, 0.5) is 4.79 Å². The molecule has 4 aromatic carbocycles. The van der Waals surface area contributed by atoms with Gasteiger partial charge in [0, 0.05) is 48.8 Å². The molecule has 12 nitrogen and oxygen atoms in total. The van der Waals surface area contributed by atoms with Crippen molar-refractivity contribution in [2.45, 2.75) is 83.2 Å². The molecule has 3 saturated heterocycles. The van der Waals surface area contributed by atoms with E-state index in [4.69, 9.17) is 14.2 Å². The highest BCUT2D eigenvalue weighted by Gasteiger charge is 2.45. The first-order valence-corrected chi connectivity index (χ1v) is 21.7. The Kier molecular flexibility index (Phi) is 13.8. The van der Waals surface area contributed by atoms with Crippen LogP contribution in [0.5, 0.6) is 5.75 Å². The van der Waals surface area contributed by atoms with Gasteiger partial charge in [-0.2, -0.15) is 0 Å². The van der Waals surface area contributed by atoms with Gasteiger partial charge in [0.2, 0.25) is 11.2 Å². The van der Waals surface area contributed by atoms with Gasteiger partial charge in [-0.3, -0.25) is 14.5 Å². The summed E-state index contributed by atoms with van der Waals surface area (Å²) in [6, 6.07) is 32.1. The second-order valence-electron chi connectivity index (χ2n) is 17.6. The van der Waals surface area contributed by atoms with Crippen molar-refractivity contribution in [1.82, 2.24) is 20.1 Å². The third-order valence-corrected chi connectivity index (χ3v) is 11.8. The number of carbonyl (C=O) groups excluding carboxylic acids is 3. The summed E-state index contributed by atoms with van der Waals surface area (Å²) >= 11 is 0. The summed E-state index contributed by atoms with van der Waals surface area (Å²) in [5.74, 6) is -0.432. The molecule has 3 aliphatic heterocycles. The molecule has 326 valence electrons. The number of benzene rings is 4. The zero-order valence-electron chi connectivity index (χ0n) is 36.1. The SMILES string of the molecule is C[C@@H](CN(CCCCNC(=O)c1cccc(C(O)(C(=O)O[C@H]2CN3CCC2CC3)c2ccccc2)c1)C(=O)OC(C)(C)C)c1ccc(OCc2ccccc2)c2[nH]c(=O)ccc12. The molecule has 2 amide bonds. The largest absolute Gasteiger partial charge is 0.487 e. The summed E-state index contributed by atoms with van der Waals surface area (Å²) in [6.45, 7) is 11.6. The van der Waals surface area contributed by atoms with Crippen molar-refractivity contribution in [3.05, 3.63) is 147 Å². The predicted octanol–water partition coefficient (Wildman–Crippen LogP) is 7.53. The number of aliphatic hydroxyl groups is 1. The number of nitrogens with zero attached hydrogens (tertiary/aromatic N) is 2. The smallest absolute Gasteiger partial charge is 0.410 e. The molecule has 0 aliphatic carbocycles. The normalized spacial score (nSPS) is 18.6. The molecule has 0 radical (unpaired) electrons. The molecular formula is C50H58N4O8. The van der Waals surface area contributed by atoms with E-state index in [-0.39, 0.29) is 35.0 Å². The van der Waals surface area contributed by atoms with Crippen molar-refractivity contribution >= 4 is 28.9 Å². The Labute approximate surface area is 363 Å². The number of fused-ring (bicyclic) bond motifs is 4. The van der Waals surface area contributed by atoms with Gasteiger partial charge >= 0.3 is 12.1 Å². The molecule has 1 aromatic heterocycles. The van der Waals surface area contributed by atoms with Crippen LogP contribution >= 0.6 is 0 Å². The zero-order chi connectivity index (χ0) is 43.9. The van der Waals surface area contributed by atoms with Crippen LogP contribution in [0.1, 0.15) is 91.9 Å². The van der Waals surface area contributed by atoms with Crippen molar-refractivity contribution in [2.75, 3.05) is 39.3 Å². The lowest BCUT2D eigenvalue weighted by Crippen LogP contribution is -2.53. The van der Waals surface area contributed by atoms with Gasteiger partial charge in [-0.05, 0) is 112 Å².